The van der Waals surface area contributed by atoms with E-state index in [0.29, 0.717) is 13.2 Å². The molecule has 0 spiro atoms. The molecule has 4 nitrogen and oxygen atoms in total. The monoisotopic (exact) mass is 488 g/mol. The van der Waals surface area contributed by atoms with Gasteiger partial charge in [-0.25, -0.2) is 4.79 Å². The molecule has 0 saturated carbocycles. The number of carbonyl (C=O) groups is 1. The van der Waals surface area contributed by atoms with Crippen molar-refractivity contribution in [3.8, 4) is 5.75 Å². The van der Waals surface area contributed by atoms with Crippen molar-refractivity contribution in [2.75, 3.05) is 19.8 Å². The minimum Gasteiger partial charge on any atom is -0.494 e. The van der Waals surface area contributed by atoms with Crippen LogP contribution >= 0.6 is 0 Å². The number of benzene rings is 1. The van der Waals surface area contributed by atoms with Gasteiger partial charge in [-0.15, -0.1) is 0 Å². The molecule has 1 N–H and O–H groups in total. The van der Waals surface area contributed by atoms with Gasteiger partial charge in [-0.3, -0.25) is 0 Å². The number of esters is 1. The van der Waals surface area contributed by atoms with Crippen LogP contribution in [0.3, 0.4) is 0 Å². The molecule has 0 atom stereocenters. The summed E-state index contributed by atoms with van der Waals surface area (Å²) < 4.78 is 11.0. The predicted octanol–water partition coefficient (Wildman–Crippen LogP) is 8.66. The minimum atomic E-state index is -0.275. The van der Waals surface area contributed by atoms with Crippen molar-refractivity contribution in [2.24, 2.45) is 0 Å². The molecule has 0 bridgehead atoms. The number of aliphatic hydroxyl groups excluding tert-OH is 1. The maximum atomic E-state index is 11.9. The molecule has 4 heteroatoms. The molecule has 0 amide bonds. The highest BCUT2D eigenvalue weighted by Crippen LogP contribution is 2.15. The highest BCUT2D eigenvalue weighted by atomic mass is 16.5. The number of unbranched alkanes of at least 4 members (excludes halogenated alkanes) is 16. The fraction of sp³-hybridized carbons (Fsp3) is 0.710. The van der Waals surface area contributed by atoms with E-state index < -0.39 is 0 Å². The van der Waals surface area contributed by atoms with Crippen molar-refractivity contribution >= 4 is 12.0 Å². The van der Waals surface area contributed by atoms with E-state index in [0.717, 1.165) is 49.8 Å². The van der Waals surface area contributed by atoms with Gasteiger partial charge in [0.2, 0.25) is 0 Å². The Labute approximate surface area is 215 Å². The fourth-order valence-electron chi connectivity index (χ4n) is 4.11. The van der Waals surface area contributed by atoms with Crippen molar-refractivity contribution in [1.29, 1.82) is 0 Å². The Bertz CT molecular complexity index is 623. The van der Waals surface area contributed by atoms with Crippen LogP contribution in [0, 0.1) is 0 Å². The summed E-state index contributed by atoms with van der Waals surface area (Å²) in [5.74, 6) is 0.563. The summed E-state index contributed by atoms with van der Waals surface area (Å²) in [7, 11) is 0. The molecular formula is C31H52O4. The van der Waals surface area contributed by atoms with Gasteiger partial charge in [0.25, 0.3) is 0 Å². The van der Waals surface area contributed by atoms with E-state index in [4.69, 9.17) is 14.6 Å². The third kappa shape index (κ3) is 20.1. The topological polar surface area (TPSA) is 55.8 Å². The van der Waals surface area contributed by atoms with Crippen LogP contribution in [-0.4, -0.2) is 30.9 Å². The molecule has 0 heterocycles. The van der Waals surface area contributed by atoms with E-state index in [9.17, 15) is 4.79 Å². The first-order valence-corrected chi connectivity index (χ1v) is 14.4. The number of carbonyl (C=O) groups excluding carboxylic acids is 1. The summed E-state index contributed by atoms with van der Waals surface area (Å²) >= 11 is 0. The zero-order valence-electron chi connectivity index (χ0n) is 22.5. The molecule has 0 aliphatic carbocycles. The Hall–Kier alpha value is -1.81. The Morgan fingerprint density at radius 2 is 1.17 bits per heavy atom. The zero-order valence-corrected chi connectivity index (χ0v) is 22.5. The SMILES string of the molecule is CCCCCCCCCCCCCCCCOC(=O)C=Cc1ccc(OCCCCCCO)cc1. The Kier molecular flexibility index (Phi) is 21.3. The maximum Gasteiger partial charge on any atom is 0.330 e. The smallest absolute Gasteiger partial charge is 0.330 e. The second kappa shape index (κ2) is 23.9. The first-order valence-electron chi connectivity index (χ1n) is 14.4. The van der Waals surface area contributed by atoms with Crippen molar-refractivity contribution < 1.29 is 19.4 Å². The first-order chi connectivity index (χ1) is 17.3. The van der Waals surface area contributed by atoms with E-state index >= 15 is 0 Å². The third-order valence-corrected chi connectivity index (χ3v) is 6.36. The Balaban J connectivity index is 1.95. The summed E-state index contributed by atoms with van der Waals surface area (Å²) in [6.45, 7) is 3.73. The first kappa shape index (κ1) is 31.2. The summed E-state index contributed by atoms with van der Waals surface area (Å²) in [6, 6.07) is 7.73. The van der Waals surface area contributed by atoms with Gasteiger partial charge in [0, 0.05) is 12.7 Å². The largest absolute Gasteiger partial charge is 0.494 e. The Morgan fingerprint density at radius 3 is 1.71 bits per heavy atom. The summed E-state index contributed by atoms with van der Waals surface area (Å²) in [6.07, 6.45) is 25.8. The molecule has 0 aliphatic rings. The second-order valence-electron chi connectivity index (χ2n) is 9.65. The lowest BCUT2D eigenvalue weighted by molar-refractivity contribution is -0.137. The van der Waals surface area contributed by atoms with Crippen LogP contribution in [0.5, 0.6) is 5.75 Å². The lowest BCUT2D eigenvalue weighted by atomic mass is 10.0. The van der Waals surface area contributed by atoms with Gasteiger partial charge < -0.3 is 14.6 Å². The summed E-state index contributed by atoms with van der Waals surface area (Å²) in [5, 5.41) is 8.77. The quantitative estimate of drug-likeness (QED) is 0.0898. The number of aliphatic hydroxyl groups is 1. The van der Waals surface area contributed by atoms with Crippen LogP contribution in [0.15, 0.2) is 30.3 Å². The predicted molar refractivity (Wildman–Crippen MR) is 148 cm³/mol. The van der Waals surface area contributed by atoms with E-state index in [-0.39, 0.29) is 12.6 Å². The highest BCUT2D eigenvalue weighted by molar-refractivity contribution is 5.87. The maximum absolute atomic E-state index is 11.9. The van der Waals surface area contributed by atoms with Crippen molar-refractivity contribution in [3.05, 3.63) is 35.9 Å². The van der Waals surface area contributed by atoms with Gasteiger partial charge in [0.05, 0.1) is 13.2 Å². The summed E-state index contributed by atoms with van der Waals surface area (Å²) in [5.41, 5.74) is 0.953. The molecule has 0 saturated heterocycles. The third-order valence-electron chi connectivity index (χ3n) is 6.36. The number of ether oxygens (including phenoxy) is 2. The van der Waals surface area contributed by atoms with Crippen LogP contribution in [0.25, 0.3) is 6.08 Å². The van der Waals surface area contributed by atoms with E-state index in [2.05, 4.69) is 6.92 Å². The molecular weight excluding hydrogens is 436 g/mol. The normalized spacial score (nSPS) is 11.3. The van der Waals surface area contributed by atoms with Gasteiger partial charge >= 0.3 is 5.97 Å². The van der Waals surface area contributed by atoms with Crippen LogP contribution in [0.2, 0.25) is 0 Å². The average molecular weight is 489 g/mol. The molecule has 1 rings (SSSR count). The molecule has 35 heavy (non-hydrogen) atoms. The minimum absolute atomic E-state index is 0.267. The molecule has 0 fully saturated rings. The van der Waals surface area contributed by atoms with Gasteiger partial charge in [-0.2, -0.15) is 0 Å². The standard InChI is InChI=1S/C31H52O4/c1-2-3-4-5-6-7-8-9-10-11-12-13-15-19-28-35-31(33)25-22-29-20-23-30(24-21-29)34-27-18-16-14-17-26-32/h20-25,32H,2-19,26-28H2,1H3. The van der Waals surface area contributed by atoms with E-state index in [1.54, 1.807) is 6.08 Å². The van der Waals surface area contributed by atoms with Crippen LogP contribution < -0.4 is 4.74 Å². The number of hydrogen-bond donors (Lipinski definition) is 1. The van der Waals surface area contributed by atoms with E-state index in [1.165, 1.54) is 83.1 Å². The fourth-order valence-corrected chi connectivity index (χ4v) is 4.11. The molecule has 200 valence electrons. The van der Waals surface area contributed by atoms with Crippen LogP contribution in [-0.2, 0) is 9.53 Å². The number of rotatable bonds is 24. The lowest BCUT2D eigenvalue weighted by Gasteiger charge is -2.06. The summed E-state index contributed by atoms with van der Waals surface area (Å²) in [4.78, 5) is 11.9. The molecule has 0 aliphatic heterocycles. The number of hydrogen-bond acceptors (Lipinski definition) is 4. The van der Waals surface area contributed by atoms with Crippen molar-refractivity contribution in [3.63, 3.8) is 0 Å². The second-order valence-corrected chi connectivity index (χ2v) is 9.65. The van der Waals surface area contributed by atoms with E-state index in [1.807, 2.05) is 24.3 Å². The van der Waals surface area contributed by atoms with Crippen LogP contribution in [0.4, 0.5) is 0 Å². The lowest BCUT2D eigenvalue weighted by Crippen LogP contribution is -2.02. The van der Waals surface area contributed by atoms with Crippen molar-refractivity contribution in [1.82, 2.24) is 0 Å². The molecule has 1 aromatic rings. The van der Waals surface area contributed by atoms with Gasteiger partial charge in [0.15, 0.2) is 0 Å². The molecule has 0 aromatic heterocycles. The zero-order chi connectivity index (χ0) is 25.2. The molecule has 0 radical (unpaired) electrons. The van der Waals surface area contributed by atoms with Gasteiger partial charge in [-0.05, 0) is 49.5 Å². The van der Waals surface area contributed by atoms with Gasteiger partial charge in [0.1, 0.15) is 5.75 Å². The molecule has 0 unspecified atom stereocenters. The average Bonchev–Trinajstić information content (AvgIpc) is 2.88. The highest BCUT2D eigenvalue weighted by Gasteiger charge is 1.99. The molecule has 1 aromatic carbocycles. The van der Waals surface area contributed by atoms with Gasteiger partial charge in [-0.1, -0.05) is 109 Å². The van der Waals surface area contributed by atoms with Crippen molar-refractivity contribution in [2.45, 2.75) is 122 Å². The van der Waals surface area contributed by atoms with Crippen LogP contribution in [0.1, 0.15) is 128 Å². The Morgan fingerprint density at radius 1 is 0.686 bits per heavy atom.